The molecular weight excluding hydrogens is 316 g/mol. The van der Waals surface area contributed by atoms with Crippen LogP contribution >= 0.6 is 27.3 Å². The van der Waals surface area contributed by atoms with Crippen LogP contribution in [0.3, 0.4) is 0 Å². The quantitative estimate of drug-likeness (QED) is 0.908. The summed E-state index contributed by atoms with van der Waals surface area (Å²) in [4.78, 5) is 12.1. The second kappa shape index (κ2) is 4.83. The molecule has 1 aliphatic heterocycles. The van der Waals surface area contributed by atoms with E-state index in [4.69, 9.17) is 0 Å². The molecule has 0 spiro atoms. The molecule has 1 aliphatic rings. The van der Waals surface area contributed by atoms with Crippen LogP contribution in [-0.4, -0.2) is 28.8 Å². The van der Waals surface area contributed by atoms with E-state index in [1.165, 1.54) is 11.3 Å². The summed E-state index contributed by atoms with van der Waals surface area (Å²) in [6, 6.07) is 3.95. The van der Waals surface area contributed by atoms with Crippen LogP contribution in [0, 0.1) is 0 Å². The molecular formula is C11H11BrN4OS. The number of carbonyl (C=O) groups excluding carboxylic acids is 1. The van der Waals surface area contributed by atoms with Gasteiger partial charge in [-0.1, -0.05) is 0 Å². The minimum absolute atomic E-state index is 0.114. The van der Waals surface area contributed by atoms with Gasteiger partial charge in [0, 0.05) is 19.2 Å². The van der Waals surface area contributed by atoms with Gasteiger partial charge in [0.05, 0.1) is 21.6 Å². The van der Waals surface area contributed by atoms with E-state index in [2.05, 4.69) is 31.7 Å². The van der Waals surface area contributed by atoms with Crippen molar-refractivity contribution in [2.45, 2.75) is 6.04 Å². The number of aromatic nitrogens is 2. The van der Waals surface area contributed by atoms with Crippen LogP contribution in [0.5, 0.6) is 0 Å². The van der Waals surface area contributed by atoms with Gasteiger partial charge in [-0.25, -0.2) is 4.68 Å². The summed E-state index contributed by atoms with van der Waals surface area (Å²) < 4.78 is 2.70. The van der Waals surface area contributed by atoms with Gasteiger partial charge >= 0.3 is 0 Å². The fourth-order valence-electron chi connectivity index (χ4n) is 1.79. The van der Waals surface area contributed by atoms with Crippen LogP contribution in [0.1, 0.15) is 16.4 Å². The minimum atomic E-state index is -0.114. The summed E-state index contributed by atoms with van der Waals surface area (Å²) in [6.07, 6.45) is 1.70. The van der Waals surface area contributed by atoms with Gasteiger partial charge < -0.3 is 10.6 Å². The number of nitrogens with zero attached hydrogens (tertiary/aromatic N) is 2. The van der Waals surface area contributed by atoms with Crippen molar-refractivity contribution >= 4 is 39.0 Å². The van der Waals surface area contributed by atoms with Gasteiger partial charge in [-0.15, -0.1) is 11.3 Å². The zero-order valence-corrected chi connectivity index (χ0v) is 11.8. The Bertz CT molecular complexity index is 575. The Labute approximate surface area is 116 Å². The first-order valence-corrected chi connectivity index (χ1v) is 7.21. The van der Waals surface area contributed by atoms with Crippen LogP contribution in [-0.2, 0) is 0 Å². The zero-order chi connectivity index (χ0) is 12.5. The molecule has 18 heavy (non-hydrogen) atoms. The first kappa shape index (κ1) is 11.9. The predicted molar refractivity (Wildman–Crippen MR) is 74.1 cm³/mol. The van der Waals surface area contributed by atoms with Crippen LogP contribution < -0.4 is 10.6 Å². The summed E-state index contributed by atoms with van der Waals surface area (Å²) in [5.74, 6) is 0.627. The highest BCUT2D eigenvalue weighted by Crippen LogP contribution is 2.25. The Morgan fingerprint density at radius 2 is 2.39 bits per heavy atom. The lowest BCUT2D eigenvalue weighted by Crippen LogP contribution is -2.44. The van der Waals surface area contributed by atoms with Crippen molar-refractivity contribution in [2.75, 3.05) is 18.4 Å². The molecule has 2 N–H and O–H groups in total. The van der Waals surface area contributed by atoms with E-state index in [1.54, 1.807) is 12.3 Å². The maximum absolute atomic E-state index is 12.1. The molecule has 0 unspecified atom stereocenters. The highest BCUT2D eigenvalue weighted by atomic mass is 79.9. The maximum atomic E-state index is 12.1. The number of hydrogen-bond acceptors (Lipinski definition) is 4. The smallest absolute Gasteiger partial charge is 0.258 e. The van der Waals surface area contributed by atoms with Crippen LogP contribution in [0.15, 0.2) is 27.5 Å². The van der Waals surface area contributed by atoms with Crippen LogP contribution in [0.4, 0.5) is 5.82 Å². The normalized spacial score (nSPS) is 15.4. The second-order valence-corrected chi connectivity index (χ2v) is 6.27. The third kappa shape index (κ3) is 2.09. The van der Waals surface area contributed by atoms with Crippen molar-refractivity contribution in [3.05, 3.63) is 33.1 Å². The van der Waals surface area contributed by atoms with E-state index in [9.17, 15) is 4.79 Å². The van der Waals surface area contributed by atoms with E-state index < -0.39 is 0 Å². The van der Waals surface area contributed by atoms with Gasteiger partial charge in [-0.2, -0.15) is 5.10 Å². The molecule has 7 heteroatoms. The number of hydrogen-bond donors (Lipinski definition) is 2. The third-order valence-corrected chi connectivity index (χ3v) is 4.57. The molecule has 5 nitrogen and oxygen atoms in total. The molecule has 1 fully saturated rings. The van der Waals surface area contributed by atoms with Crippen molar-refractivity contribution in [3.63, 3.8) is 0 Å². The zero-order valence-electron chi connectivity index (χ0n) is 9.39. The lowest BCUT2D eigenvalue weighted by Gasteiger charge is -2.28. The fourth-order valence-corrected chi connectivity index (χ4v) is 3.04. The van der Waals surface area contributed by atoms with E-state index in [0.717, 1.165) is 22.7 Å². The third-order valence-electron chi connectivity index (χ3n) is 2.88. The van der Waals surface area contributed by atoms with Gasteiger partial charge in [0.1, 0.15) is 5.82 Å². The number of anilines is 1. The fraction of sp³-hybridized carbons (Fsp3) is 0.273. The highest BCUT2D eigenvalue weighted by molar-refractivity contribution is 9.11. The number of halogens is 1. The van der Waals surface area contributed by atoms with Gasteiger partial charge in [-0.05, 0) is 27.4 Å². The SMILES string of the molecule is O=C(Nc1ccnn1C1CNC1)c1ccsc1Br. The second-order valence-electron chi connectivity index (χ2n) is 4.04. The first-order chi connectivity index (χ1) is 8.75. The van der Waals surface area contributed by atoms with Crippen molar-refractivity contribution in [1.82, 2.24) is 15.1 Å². The molecule has 0 aromatic carbocycles. The first-order valence-electron chi connectivity index (χ1n) is 5.54. The number of thiophene rings is 1. The molecule has 3 rings (SSSR count). The molecule has 3 heterocycles. The topological polar surface area (TPSA) is 59.0 Å². The van der Waals surface area contributed by atoms with Crippen molar-refractivity contribution in [1.29, 1.82) is 0 Å². The van der Waals surface area contributed by atoms with Gasteiger partial charge in [-0.3, -0.25) is 4.79 Å². The molecule has 2 aromatic heterocycles. The van der Waals surface area contributed by atoms with Crippen LogP contribution in [0.2, 0.25) is 0 Å². The highest BCUT2D eigenvalue weighted by Gasteiger charge is 2.22. The molecule has 0 radical (unpaired) electrons. The predicted octanol–water partition coefficient (Wildman–Crippen LogP) is 2.10. The summed E-state index contributed by atoms with van der Waals surface area (Å²) >= 11 is 4.86. The monoisotopic (exact) mass is 326 g/mol. The van der Waals surface area contributed by atoms with E-state index in [-0.39, 0.29) is 5.91 Å². The lowest BCUT2D eigenvalue weighted by atomic mass is 10.2. The summed E-state index contributed by atoms with van der Waals surface area (Å²) in [5, 5.41) is 12.2. The lowest BCUT2D eigenvalue weighted by molar-refractivity contribution is 0.102. The van der Waals surface area contributed by atoms with E-state index in [0.29, 0.717) is 11.6 Å². The Hall–Kier alpha value is -1.18. The molecule has 1 saturated heterocycles. The van der Waals surface area contributed by atoms with E-state index in [1.807, 2.05) is 16.1 Å². The summed E-state index contributed by atoms with van der Waals surface area (Å²) in [7, 11) is 0. The van der Waals surface area contributed by atoms with Crippen LogP contribution in [0.25, 0.3) is 0 Å². The average Bonchev–Trinajstić information content (AvgIpc) is 2.86. The standard InChI is InChI=1S/C11H11BrN4OS/c12-10-8(2-4-18-10)11(17)15-9-1-3-14-16(9)7-5-13-6-7/h1-4,7,13H,5-6H2,(H,15,17). The van der Waals surface area contributed by atoms with Gasteiger partial charge in [0.15, 0.2) is 0 Å². The summed E-state index contributed by atoms with van der Waals surface area (Å²) in [5.41, 5.74) is 0.652. The Balaban J connectivity index is 1.78. The molecule has 94 valence electrons. The van der Waals surface area contributed by atoms with Crippen molar-refractivity contribution < 1.29 is 4.79 Å². The van der Waals surface area contributed by atoms with Gasteiger partial charge in [0.2, 0.25) is 0 Å². The molecule has 0 saturated carbocycles. The molecule has 0 atom stereocenters. The Morgan fingerprint density at radius 1 is 1.56 bits per heavy atom. The van der Waals surface area contributed by atoms with E-state index >= 15 is 0 Å². The maximum Gasteiger partial charge on any atom is 0.258 e. The Morgan fingerprint density at radius 3 is 3.00 bits per heavy atom. The molecule has 0 bridgehead atoms. The minimum Gasteiger partial charge on any atom is -0.312 e. The number of rotatable bonds is 3. The van der Waals surface area contributed by atoms with Gasteiger partial charge in [0.25, 0.3) is 5.91 Å². The number of carbonyl (C=O) groups is 1. The Kier molecular flexibility index (Phi) is 3.19. The number of amides is 1. The summed E-state index contributed by atoms with van der Waals surface area (Å²) in [6.45, 7) is 1.79. The molecule has 1 amide bonds. The largest absolute Gasteiger partial charge is 0.312 e. The molecule has 2 aromatic rings. The molecule has 0 aliphatic carbocycles. The number of nitrogens with one attached hydrogen (secondary N) is 2. The van der Waals surface area contributed by atoms with Crippen molar-refractivity contribution in [3.8, 4) is 0 Å². The van der Waals surface area contributed by atoms with Crippen molar-refractivity contribution in [2.24, 2.45) is 0 Å². The average molecular weight is 327 g/mol.